The number of hydrogen-bond donors (Lipinski definition) is 1. The topological polar surface area (TPSA) is 49.8 Å². The summed E-state index contributed by atoms with van der Waals surface area (Å²) < 4.78 is 5.20. The lowest BCUT2D eigenvalue weighted by Crippen LogP contribution is -2.36. The van der Waals surface area contributed by atoms with Crippen LogP contribution in [0.4, 0.5) is 0 Å². The first-order valence-corrected chi connectivity index (χ1v) is 6.27. The van der Waals surface area contributed by atoms with E-state index in [0.717, 1.165) is 19.4 Å². The Bertz CT molecular complexity index is 419. The number of rotatable bonds is 5. The summed E-state index contributed by atoms with van der Waals surface area (Å²) in [5, 5.41) is 9.24. The van der Waals surface area contributed by atoms with Crippen LogP contribution in [0.1, 0.15) is 23.2 Å². The molecule has 1 aromatic rings. The van der Waals surface area contributed by atoms with E-state index in [1.54, 1.807) is 19.2 Å². The Kier molecular flexibility index (Phi) is 4.33. The second kappa shape index (κ2) is 5.98. The summed E-state index contributed by atoms with van der Waals surface area (Å²) in [5.41, 5.74) is 0.614. The molecule has 0 amide bonds. The average Bonchev–Trinajstić information content (AvgIpc) is 2.85. The van der Waals surface area contributed by atoms with Gasteiger partial charge in [0.15, 0.2) is 5.78 Å². The van der Waals surface area contributed by atoms with Gasteiger partial charge < -0.3 is 9.84 Å². The van der Waals surface area contributed by atoms with E-state index in [-0.39, 0.29) is 18.4 Å². The molecule has 1 N–H and O–H groups in total. The zero-order valence-corrected chi connectivity index (χ0v) is 10.6. The number of Topliss-reactive ketones (excluding diaryl/α,β-unsaturated/α-hetero) is 1. The third kappa shape index (κ3) is 2.71. The van der Waals surface area contributed by atoms with E-state index in [1.165, 1.54) is 0 Å². The summed E-state index contributed by atoms with van der Waals surface area (Å²) in [6.45, 7) is 1.36. The molecule has 1 aromatic carbocycles. The Morgan fingerprint density at radius 2 is 2.28 bits per heavy atom. The van der Waals surface area contributed by atoms with Crippen molar-refractivity contribution in [1.82, 2.24) is 4.90 Å². The van der Waals surface area contributed by atoms with Gasteiger partial charge in [0, 0.05) is 6.04 Å². The fraction of sp³-hybridized carbons (Fsp3) is 0.500. The summed E-state index contributed by atoms with van der Waals surface area (Å²) in [7, 11) is 1.57. The van der Waals surface area contributed by atoms with Crippen molar-refractivity contribution in [2.75, 3.05) is 26.8 Å². The van der Waals surface area contributed by atoms with Crippen LogP contribution in [0.25, 0.3) is 0 Å². The molecule has 98 valence electrons. The first-order valence-electron chi connectivity index (χ1n) is 6.27. The van der Waals surface area contributed by atoms with Gasteiger partial charge in [0.05, 0.1) is 25.8 Å². The van der Waals surface area contributed by atoms with Crippen LogP contribution < -0.4 is 4.74 Å². The molecule has 0 spiro atoms. The Labute approximate surface area is 107 Å². The molecule has 18 heavy (non-hydrogen) atoms. The van der Waals surface area contributed by atoms with Gasteiger partial charge in [-0.3, -0.25) is 9.69 Å². The van der Waals surface area contributed by atoms with Crippen molar-refractivity contribution < 1.29 is 14.6 Å². The average molecular weight is 249 g/mol. The number of para-hydroxylation sites is 1. The molecular weight excluding hydrogens is 230 g/mol. The standard InChI is InChI=1S/C14H19NO3/c1-18-14-7-3-2-6-12(14)13(17)9-15-8-4-5-11(15)10-16/h2-3,6-7,11,16H,4-5,8-10H2,1H3. The number of likely N-dealkylation sites (tertiary alicyclic amines) is 1. The SMILES string of the molecule is COc1ccccc1C(=O)CN1CCCC1CO. The highest BCUT2D eigenvalue weighted by Crippen LogP contribution is 2.21. The predicted octanol–water partition coefficient (Wildman–Crippen LogP) is 1.33. The van der Waals surface area contributed by atoms with Crippen molar-refractivity contribution in [3.63, 3.8) is 0 Å². The molecule has 0 radical (unpaired) electrons. The first-order chi connectivity index (χ1) is 8.76. The fourth-order valence-electron chi connectivity index (χ4n) is 2.45. The van der Waals surface area contributed by atoms with Gasteiger partial charge in [0.2, 0.25) is 0 Å². The van der Waals surface area contributed by atoms with Crippen molar-refractivity contribution in [3.05, 3.63) is 29.8 Å². The number of carbonyl (C=O) groups is 1. The minimum absolute atomic E-state index is 0.0489. The Morgan fingerprint density at radius 1 is 1.50 bits per heavy atom. The highest BCUT2D eigenvalue weighted by molar-refractivity contribution is 6.00. The number of ether oxygens (including phenoxy) is 1. The Hall–Kier alpha value is -1.39. The summed E-state index contributed by atoms with van der Waals surface area (Å²) in [4.78, 5) is 14.3. The molecule has 1 fully saturated rings. The van der Waals surface area contributed by atoms with E-state index in [2.05, 4.69) is 4.90 Å². The van der Waals surface area contributed by atoms with Crippen LogP contribution in [-0.2, 0) is 0 Å². The van der Waals surface area contributed by atoms with Gasteiger partial charge in [-0.05, 0) is 31.5 Å². The van der Waals surface area contributed by atoms with Gasteiger partial charge >= 0.3 is 0 Å². The summed E-state index contributed by atoms with van der Waals surface area (Å²) in [5.74, 6) is 0.662. The van der Waals surface area contributed by atoms with Gasteiger partial charge in [-0.25, -0.2) is 0 Å². The number of aliphatic hydroxyl groups excluding tert-OH is 1. The Morgan fingerprint density at radius 3 is 3.00 bits per heavy atom. The van der Waals surface area contributed by atoms with Crippen LogP contribution in [-0.4, -0.2) is 48.6 Å². The highest BCUT2D eigenvalue weighted by Gasteiger charge is 2.26. The minimum atomic E-state index is 0.0489. The van der Waals surface area contributed by atoms with E-state index in [4.69, 9.17) is 4.74 Å². The molecular formula is C14H19NO3. The maximum absolute atomic E-state index is 12.2. The predicted molar refractivity (Wildman–Crippen MR) is 69.0 cm³/mol. The molecule has 4 nitrogen and oxygen atoms in total. The maximum Gasteiger partial charge on any atom is 0.180 e. The normalized spacial score (nSPS) is 20.0. The lowest BCUT2D eigenvalue weighted by molar-refractivity contribution is 0.0885. The molecule has 1 aliphatic heterocycles. The number of hydrogen-bond acceptors (Lipinski definition) is 4. The van der Waals surface area contributed by atoms with E-state index < -0.39 is 0 Å². The molecule has 1 saturated heterocycles. The molecule has 0 aliphatic carbocycles. The third-order valence-electron chi connectivity index (χ3n) is 3.46. The number of benzene rings is 1. The molecule has 2 rings (SSSR count). The number of aliphatic hydroxyl groups is 1. The maximum atomic E-state index is 12.2. The minimum Gasteiger partial charge on any atom is -0.496 e. The van der Waals surface area contributed by atoms with Gasteiger partial charge in [-0.15, -0.1) is 0 Å². The second-order valence-electron chi connectivity index (χ2n) is 4.57. The molecule has 0 saturated carbocycles. The van der Waals surface area contributed by atoms with Gasteiger partial charge in [-0.2, -0.15) is 0 Å². The largest absolute Gasteiger partial charge is 0.496 e. The van der Waals surface area contributed by atoms with E-state index >= 15 is 0 Å². The quantitative estimate of drug-likeness (QED) is 0.800. The summed E-state index contributed by atoms with van der Waals surface area (Å²) in [6.07, 6.45) is 2.01. The lowest BCUT2D eigenvalue weighted by Gasteiger charge is -2.22. The van der Waals surface area contributed by atoms with E-state index in [0.29, 0.717) is 17.9 Å². The van der Waals surface area contributed by atoms with Gasteiger partial charge in [0.25, 0.3) is 0 Å². The van der Waals surface area contributed by atoms with Crippen molar-refractivity contribution in [2.24, 2.45) is 0 Å². The van der Waals surface area contributed by atoms with Crippen molar-refractivity contribution in [2.45, 2.75) is 18.9 Å². The van der Waals surface area contributed by atoms with Crippen molar-refractivity contribution >= 4 is 5.78 Å². The van der Waals surface area contributed by atoms with E-state index in [1.807, 2.05) is 12.1 Å². The molecule has 0 bridgehead atoms. The molecule has 1 atom stereocenters. The van der Waals surface area contributed by atoms with Crippen LogP contribution in [0, 0.1) is 0 Å². The molecule has 1 aliphatic rings. The highest BCUT2D eigenvalue weighted by atomic mass is 16.5. The number of nitrogens with zero attached hydrogens (tertiary/aromatic N) is 1. The van der Waals surface area contributed by atoms with E-state index in [9.17, 15) is 9.90 Å². The van der Waals surface area contributed by atoms with Gasteiger partial charge in [0.1, 0.15) is 5.75 Å². The first kappa shape index (κ1) is 13.1. The van der Waals surface area contributed by atoms with Crippen LogP contribution in [0.5, 0.6) is 5.75 Å². The molecule has 4 heteroatoms. The Balaban J connectivity index is 2.07. The van der Waals surface area contributed by atoms with Crippen LogP contribution in [0.15, 0.2) is 24.3 Å². The van der Waals surface area contributed by atoms with Gasteiger partial charge in [-0.1, -0.05) is 12.1 Å². The zero-order chi connectivity index (χ0) is 13.0. The van der Waals surface area contributed by atoms with Crippen molar-refractivity contribution in [1.29, 1.82) is 0 Å². The smallest absolute Gasteiger partial charge is 0.180 e. The number of methoxy groups -OCH3 is 1. The monoisotopic (exact) mass is 249 g/mol. The molecule has 1 heterocycles. The fourth-order valence-corrected chi connectivity index (χ4v) is 2.45. The summed E-state index contributed by atoms with van der Waals surface area (Å²) in [6, 6.07) is 7.39. The third-order valence-corrected chi connectivity index (χ3v) is 3.46. The van der Waals surface area contributed by atoms with Crippen LogP contribution in [0.3, 0.4) is 0 Å². The van der Waals surface area contributed by atoms with Crippen molar-refractivity contribution in [3.8, 4) is 5.75 Å². The lowest BCUT2D eigenvalue weighted by atomic mass is 10.1. The zero-order valence-electron chi connectivity index (χ0n) is 10.6. The number of ketones is 1. The van der Waals surface area contributed by atoms with Crippen LogP contribution >= 0.6 is 0 Å². The van der Waals surface area contributed by atoms with Crippen LogP contribution in [0.2, 0.25) is 0 Å². The summed E-state index contributed by atoms with van der Waals surface area (Å²) >= 11 is 0. The molecule has 0 aromatic heterocycles. The number of carbonyl (C=O) groups excluding carboxylic acids is 1. The molecule has 1 unspecified atom stereocenters. The second-order valence-corrected chi connectivity index (χ2v) is 4.57.